The number of carboxylic acid groups (broad SMARTS) is 1. The minimum Gasteiger partial charge on any atom is -0.478 e. The van der Waals surface area contributed by atoms with Gasteiger partial charge in [0.25, 0.3) is 5.91 Å². The summed E-state index contributed by atoms with van der Waals surface area (Å²) in [5, 5.41) is 10.9. The highest BCUT2D eigenvalue weighted by Crippen LogP contribution is 2.18. The lowest BCUT2D eigenvalue weighted by atomic mass is 10.2. The van der Waals surface area contributed by atoms with Crippen molar-refractivity contribution in [1.29, 1.82) is 0 Å². The van der Waals surface area contributed by atoms with Crippen LogP contribution in [0.3, 0.4) is 0 Å². The second-order valence-corrected chi connectivity index (χ2v) is 4.97. The summed E-state index contributed by atoms with van der Waals surface area (Å²) in [6, 6.07) is 1.28. The van der Waals surface area contributed by atoms with Crippen molar-refractivity contribution in [2.45, 2.75) is 19.9 Å². The third-order valence-electron chi connectivity index (χ3n) is 2.80. The van der Waals surface area contributed by atoms with Crippen LogP contribution in [0.25, 0.3) is 0 Å². The van der Waals surface area contributed by atoms with Crippen molar-refractivity contribution in [2.24, 2.45) is 0 Å². The van der Waals surface area contributed by atoms with Crippen molar-refractivity contribution in [3.8, 4) is 0 Å². The Morgan fingerprint density at radius 3 is 2.75 bits per heavy atom. The number of nitrogens with zero attached hydrogens (tertiary/aromatic N) is 2. The summed E-state index contributed by atoms with van der Waals surface area (Å²) in [5.41, 5.74) is 2.52. The number of thiazole rings is 1. The summed E-state index contributed by atoms with van der Waals surface area (Å²) < 4.78 is 5.34. The number of amides is 1. The van der Waals surface area contributed by atoms with Gasteiger partial charge in [-0.05, 0) is 0 Å². The molecule has 0 radical (unpaired) electrons. The van der Waals surface area contributed by atoms with E-state index in [4.69, 9.17) is 9.52 Å². The van der Waals surface area contributed by atoms with Gasteiger partial charge in [-0.1, -0.05) is 6.92 Å². The van der Waals surface area contributed by atoms with E-state index >= 15 is 0 Å². The summed E-state index contributed by atoms with van der Waals surface area (Å²) in [5.74, 6) is -1.10. The molecule has 0 saturated carbocycles. The Morgan fingerprint density at radius 1 is 1.50 bits per heavy atom. The van der Waals surface area contributed by atoms with Gasteiger partial charge in [0.1, 0.15) is 11.3 Å². The molecular weight excluding hydrogens is 280 g/mol. The van der Waals surface area contributed by atoms with Crippen LogP contribution in [0.1, 0.15) is 39.3 Å². The Kier molecular flexibility index (Phi) is 4.19. The first kappa shape index (κ1) is 14.3. The average Bonchev–Trinajstić information content (AvgIpc) is 3.05. The summed E-state index contributed by atoms with van der Waals surface area (Å²) >= 11 is 1.45. The summed E-state index contributed by atoms with van der Waals surface area (Å²) in [4.78, 5) is 28.8. The Bertz CT molecular complexity index is 618. The lowest BCUT2D eigenvalue weighted by Crippen LogP contribution is -2.25. The number of rotatable bonds is 5. The van der Waals surface area contributed by atoms with Gasteiger partial charge >= 0.3 is 5.97 Å². The van der Waals surface area contributed by atoms with Gasteiger partial charge in [-0.3, -0.25) is 4.79 Å². The largest absolute Gasteiger partial charge is 0.478 e. The van der Waals surface area contributed by atoms with E-state index in [0.717, 1.165) is 5.69 Å². The van der Waals surface area contributed by atoms with Crippen molar-refractivity contribution in [3.05, 3.63) is 39.7 Å². The molecule has 2 aromatic rings. The minimum absolute atomic E-state index is 0.0389. The molecule has 2 aromatic heterocycles. The number of aromatic carboxylic acids is 1. The van der Waals surface area contributed by atoms with E-state index in [-0.39, 0.29) is 17.2 Å². The van der Waals surface area contributed by atoms with Crippen molar-refractivity contribution >= 4 is 23.2 Å². The predicted octanol–water partition coefficient (Wildman–Crippen LogP) is 2.27. The molecule has 0 spiro atoms. The molecular formula is C13H14N2O4S. The first-order valence-electron chi connectivity index (χ1n) is 6.01. The lowest BCUT2D eigenvalue weighted by molar-refractivity contribution is 0.0692. The zero-order valence-electron chi connectivity index (χ0n) is 11.1. The molecule has 2 rings (SSSR count). The molecule has 7 heteroatoms. The van der Waals surface area contributed by atoms with Crippen LogP contribution in [0.5, 0.6) is 0 Å². The highest BCUT2D eigenvalue weighted by atomic mass is 32.1. The Labute approximate surface area is 119 Å². The highest BCUT2D eigenvalue weighted by molar-refractivity contribution is 7.07. The van der Waals surface area contributed by atoms with Crippen molar-refractivity contribution in [2.75, 3.05) is 7.05 Å². The van der Waals surface area contributed by atoms with Crippen molar-refractivity contribution < 1.29 is 19.1 Å². The second-order valence-electron chi connectivity index (χ2n) is 4.25. The molecule has 106 valence electrons. The zero-order chi connectivity index (χ0) is 14.7. The van der Waals surface area contributed by atoms with Crippen LogP contribution in [-0.2, 0) is 13.0 Å². The molecule has 1 amide bonds. The Hall–Kier alpha value is -2.15. The molecule has 0 aliphatic carbocycles. The number of aryl methyl sites for hydroxylation is 1. The predicted molar refractivity (Wildman–Crippen MR) is 73.0 cm³/mol. The fraction of sp³-hybridized carbons (Fsp3) is 0.308. The fourth-order valence-corrected chi connectivity index (χ4v) is 2.35. The fourth-order valence-electron chi connectivity index (χ4n) is 1.80. The third-order valence-corrected chi connectivity index (χ3v) is 3.44. The maximum Gasteiger partial charge on any atom is 0.339 e. The van der Waals surface area contributed by atoms with Gasteiger partial charge in [-0.25, -0.2) is 9.78 Å². The van der Waals surface area contributed by atoms with Crippen molar-refractivity contribution in [1.82, 2.24) is 9.88 Å². The third kappa shape index (κ3) is 2.88. The molecule has 0 unspecified atom stereocenters. The topological polar surface area (TPSA) is 83.6 Å². The van der Waals surface area contributed by atoms with Gasteiger partial charge in [0, 0.05) is 24.9 Å². The summed E-state index contributed by atoms with van der Waals surface area (Å²) in [6.07, 6.45) is 0.421. The SMILES string of the molecule is CCc1oc(C(=O)N(C)Cc2cscn2)cc1C(=O)O. The monoisotopic (exact) mass is 294 g/mol. The molecule has 0 aliphatic rings. The van der Waals surface area contributed by atoms with Gasteiger partial charge in [0.2, 0.25) is 0 Å². The molecule has 0 atom stereocenters. The van der Waals surface area contributed by atoms with Crippen LogP contribution in [0, 0.1) is 0 Å². The van der Waals surface area contributed by atoms with Crippen LogP contribution in [0.15, 0.2) is 21.4 Å². The van der Waals surface area contributed by atoms with E-state index in [1.165, 1.54) is 22.3 Å². The first-order chi connectivity index (χ1) is 9.52. The van der Waals surface area contributed by atoms with Crippen LogP contribution < -0.4 is 0 Å². The van der Waals surface area contributed by atoms with E-state index in [1.54, 1.807) is 19.5 Å². The summed E-state index contributed by atoms with van der Waals surface area (Å²) in [6.45, 7) is 2.13. The number of furan rings is 1. The number of carbonyl (C=O) groups excluding carboxylic acids is 1. The van der Waals surface area contributed by atoms with Gasteiger partial charge in [-0.15, -0.1) is 11.3 Å². The van der Waals surface area contributed by atoms with E-state index in [1.807, 2.05) is 5.38 Å². The molecule has 0 saturated heterocycles. The minimum atomic E-state index is -1.09. The first-order valence-corrected chi connectivity index (χ1v) is 6.95. The average molecular weight is 294 g/mol. The lowest BCUT2D eigenvalue weighted by Gasteiger charge is -2.13. The van der Waals surface area contributed by atoms with E-state index in [9.17, 15) is 9.59 Å². The van der Waals surface area contributed by atoms with Crippen LogP contribution in [0.2, 0.25) is 0 Å². The van der Waals surface area contributed by atoms with E-state index in [2.05, 4.69) is 4.98 Å². The number of hydrogen-bond donors (Lipinski definition) is 1. The number of carboxylic acids is 1. The zero-order valence-corrected chi connectivity index (χ0v) is 11.9. The molecule has 2 heterocycles. The Morgan fingerprint density at radius 2 is 2.25 bits per heavy atom. The molecule has 0 bridgehead atoms. The molecule has 20 heavy (non-hydrogen) atoms. The molecule has 6 nitrogen and oxygen atoms in total. The normalized spacial score (nSPS) is 10.5. The van der Waals surface area contributed by atoms with E-state index < -0.39 is 5.97 Å². The molecule has 1 N–H and O–H groups in total. The molecule has 0 aliphatic heterocycles. The van der Waals surface area contributed by atoms with Gasteiger partial charge in [-0.2, -0.15) is 0 Å². The quantitative estimate of drug-likeness (QED) is 0.914. The van der Waals surface area contributed by atoms with Crippen LogP contribution >= 0.6 is 11.3 Å². The maximum atomic E-state index is 12.2. The van der Waals surface area contributed by atoms with E-state index in [0.29, 0.717) is 18.7 Å². The number of hydrogen-bond acceptors (Lipinski definition) is 5. The van der Waals surface area contributed by atoms with Crippen molar-refractivity contribution in [3.63, 3.8) is 0 Å². The molecule has 0 aromatic carbocycles. The standard InChI is InChI=1S/C13H14N2O4S/c1-3-10-9(13(17)18)4-11(19-10)12(16)15(2)5-8-6-20-7-14-8/h4,6-7H,3,5H2,1-2H3,(H,17,18). The number of aromatic nitrogens is 1. The smallest absolute Gasteiger partial charge is 0.339 e. The van der Waals surface area contributed by atoms with Gasteiger partial charge in [0.05, 0.1) is 17.7 Å². The number of carbonyl (C=O) groups is 2. The molecule has 0 fully saturated rings. The highest BCUT2D eigenvalue weighted by Gasteiger charge is 2.22. The maximum absolute atomic E-state index is 12.2. The van der Waals surface area contributed by atoms with Gasteiger partial charge < -0.3 is 14.4 Å². The van der Waals surface area contributed by atoms with Gasteiger partial charge in [0.15, 0.2) is 5.76 Å². The second kappa shape index (κ2) is 5.87. The Balaban J connectivity index is 2.18. The van der Waals surface area contributed by atoms with Crippen LogP contribution in [-0.4, -0.2) is 33.9 Å². The van der Waals surface area contributed by atoms with Crippen LogP contribution in [0.4, 0.5) is 0 Å². The summed E-state index contributed by atoms with van der Waals surface area (Å²) in [7, 11) is 1.62.